The number of para-hydroxylation sites is 1. The van der Waals surface area contributed by atoms with Gasteiger partial charge in [0.05, 0.1) is 17.1 Å². The van der Waals surface area contributed by atoms with E-state index in [9.17, 15) is 9.59 Å². The van der Waals surface area contributed by atoms with Crippen LogP contribution in [-0.4, -0.2) is 41.1 Å². The van der Waals surface area contributed by atoms with Crippen LogP contribution in [0.1, 0.15) is 34.5 Å². The molecular weight excluding hydrogens is 294 g/mol. The zero-order valence-electron chi connectivity index (χ0n) is 13.4. The molecule has 1 aromatic carbocycles. The zero-order chi connectivity index (χ0) is 16.6. The summed E-state index contributed by atoms with van der Waals surface area (Å²) in [5.41, 5.74) is 8.82. The quantitative estimate of drug-likeness (QED) is 0.853. The van der Waals surface area contributed by atoms with E-state index in [1.807, 2.05) is 26.0 Å². The number of hydrogen-bond acceptors (Lipinski definition) is 3. The van der Waals surface area contributed by atoms with Crippen LogP contribution in [0.15, 0.2) is 18.2 Å². The van der Waals surface area contributed by atoms with Crippen molar-refractivity contribution in [1.29, 1.82) is 0 Å². The van der Waals surface area contributed by atoms with Gasteiger partial charge in [-0.25, -0.2) is 9.59 Å². The van der Waals surface area contributed by atoms with E-state index in [-0.39, 0.29) is 18.6 Å². The molecule has 2 aromatic rings. The first-order chi connectivity index (χ1) is 11.0. The highest BCUT2D eigenvalue weighted by molar-refractivity contribution is 6.04. The van der Waals surface area contributed by atoms with Gasteiger partial charge in [0.15, 0.2) is 0 Å². The number of ether oxygens (including phenoxy) is 1. The summed E-state index contributed by atoms with van der Waals surface area (Å²) in [7, 11) is 0. The number of aromatic amines is 1. The molecule has 122 valence electrons. The molecular formula is C17H21N3O3. The van der Waals surface area contributed by atoms with Gasteiger partial charge in [0.25, 0.3) is 0 Å². The number of hydrogen-bond donors (Lipinski definition) is 2. The molecule has 6 nitrogen and oxygen atoms in total. The maximum atomic E-state index is 12.4. The molecule has 3 N–H and O–H groups in total. The predicted molar refractivity (Wildman–Crippen MR) is 87.4 cm³/mol. The van der Waals surface area contributed by atoms with Gasteiger partial charge in [-0.3, -0.25) is 0 Å². The highest BCUT2D eigenvalue weighted by Gasteiger charge is 2.28. The maximum Gasteiger partial charge on any atom is 0.340 e. The average molecular weight is 315 g/mol. The second kappa shape index (κ2) is 5.95. The largest absolute Gasteiger partial charge is 0.460 e. The second-order valence-electron chi connectivity index (χ2n) is 6.03. The third-order valence-corrected chi connectivity index (χ3v) is 4.63. The lowest BCUT2D eigenvalue weighted by atomic mass is 10.1. The molecule has 2 heterocycles. The Morgan fingerprint density at radius 2 is 2.17 bits per heavy atom. The lowest BCUT2D eigenvalue weighted by Crippen LogP contribution is -2.41. The monoisotopic (exact) mass is 315 g/mol. The molecule has 6 heteroatoms. The molecule has 0 radical (unpaired) electrons. The predicted octanol–water partition coefficient (Wildman–Crippen LogP) is 2.48. The Kier molecular flexibility index (Phi) is 3.98. The van der Waals surface area contributed by atoms with Crippen molar-refractivity contribution in [2.24, 2.45) is 5.73 Å². The molecule has 0 saturated carbocycles. The van der Waals surface area contributed by atoms with Crippen LogP contribution in [0.5, 0.6) is 0 Å². The van der Waals surface area contributed by atoms with E-state index in [0.29, 0.717) is 12.1 Å². The Labute approximate surface area is 134 Å². The van der Waals surface area contributed by atoms with E-state index in [0.717, 1.165) is 35.0 Å². The van der Waals surface area contributed by atoms with Gasteiger partial charge in [-0.1, -0.05) is 12.1 Å². The fraction of sp³-hybridized carbons (Fsp3) is 0.412. The van der Waals surface area contributed by atoms with Crippen LogP contribution in [0.2, 0.25) is 0 Å². The number of carbonyl (C=O) groups excluding carboxylic acids is 2. The van der Waals surface area contributed by atoms with Crippen molar-refractivity contribution < 1.29 is 14.3 Å². The van der Waals surface area contributed by atoms with Gasteiger partial charge in [-0.05, 0) is 38.3 Å². The normalized spacial score (nSPS) is 17.7. The summed E-state index contributed by atoms with van der Waals surface area (Å²) < 4.78 is 5.44. The number of carbonyl (C=O) groups is 2. The molecule has 1 saturated heterocycles. The fourth-order valence-electron chi connectivity index (χ4n) is 3.20. The minimum Gasteiger partial charge on any atom is -0.460 e. The van der Waals surface area contributed by atoms with Gasteiger partial charge in [0.2, 0.25) is 0 Å². The number of nitrogens with zero attached hydrogens (tertiary/aromatic N) is 1. The van der Waals surface area contributed by atoms with Crippen LogP contribution in [0.3, 0.4) is 0 Å². The molecule has 3 rings (SSSR count). The summed E-state index contributed by atoms with van der Waals surface area (Å²) in [5, 5.41) is 1.02. The Hall–Kier alpha value is -2.50. The summed E-state index contributed by atoms with van der Waals surface area (Å²) >= 11 is 0. The van der Waals surface area contributed by atoms with Crippen LogP contribution in [-0.2, 0) is 4.74 Å². The molecule has 1 aliphatic rings. The summed E-state index contributed by atoms with van der Waals surface area (Å²) in [6, 6.07) is 5.01. The summed E-state index contributed by atoms with van der Waals surface area (Å²) in [6.07, 6.45) is 1.69. The number of likely N-dealkylation sites (tertiary alicyclic amines) is 1. The third kappa shape index (κ3) is 2.76. The third-order valence-electron chi connectivity index (χ3n) is 4.63. The van der Waals surface area contributed by atoms with E-state index in [1.54, 1.807) is 11.0 Å². The number of nitrogens with one attached hydrogen (secondary N) is 1. The van der Waals surface area contributed by atoms with Crippen LogP contribution in [0.4, 0.5) is 4.79 Å². The summed E-state index contributed by atoms with van der Waals surface area (Å²) in [6.45, 7) is 4.80. The molecule has 0 spiro atoms. The summed E-state index contributed by atoms with van der Waals surface area (Å²) in [4.78, 5) is 28.6. The highest BCUT2D eigenvalue weighted by atomic mass is 16.5. The van der Waals surface area contributed by atoms with Crippen molar-refractivity contribution in [1.82, 2.24) is 9.88 Å². The number of esters is 1. The number of amides is 2. The SMILES string of the molecule is Cc1[nH]c2c(C(=O)OCC3CCCN3C(N)=O)cccc2c1C. The van der Waals surface area contributed by atoms with Crippen molar-refractivity contribution >= 4 is 22.9 Å². The Balaban J connectivity index is 1.76. The topological polar surface area (TPSA) is 88.4 Å². The average Bonchev–Trinajstić information content (AvgIpc) is 3.10. The van der Waals surface area contributed by atoms with Crippen molar-refractivity contribution in [2.45, 2.75) is 32.7 Å². The minimum atomic E-state index is -0.457. The number of aromatic nitrogens is 1. The standard InChI is InChI=1S/C17H21N3O3/c1-10-11(2)19-15-13(10)6-3-7-14(15)16(21)23-9-12-5-4-8-20(12)17(18)22/h3,6-7,12,19H,4-5,8-9H2,1-2H3,(H2,18,22). The van der Waals surface area contributed by atoms with Gasteiger partial charge in [-0.15, -0.1) is 0 Å². The Morgan fingerprint density at radius 1 is 1.39 bits per heavy atom. The smallest absolute Gasteiger partial charge is 0.340 e. The summed E-state index contributed by atoms with van der Waals surface area (Å²) in [5.74, 6) is -0.381. The van der Waals surface area contributed by atoms with Crippen molar-refractivity contribution in [3.05, 3.63) is 35.0 Å². The van der Waals surface area contributed by atoms with Crippen molar-refractivity contribution in [3.63, 3.8) is 0 Å². The number of primary amides is 1. The van der Waals surface area contributed by atoms with Crippen molar-refractivity contribution in [2.75, 3.05) is 13.2 Å². The number of H-pyrrole nitrogens is 1. The first-order valence-electron chi connectivity index (χ1n) is 7.80. The van der Waals surface area contributed by atoms with Gasteiger partial charge < -0.3 is 20.4 Å². The van der Waals surface area contributed by atoms with Gasteiger partial charge in [-0.2, -0.15) is 0 Å². The van der Waals surface area contributed by atoms with Crippen LogP contribution in [0.25, 0.3) is 10.9 Å². The Morgan fingerprint density at radius 3 is 2.91 bits per heavy atom. The molecule has 0 aliphatic carbocycles. The lowest BCUT2D eigenvalue weighted by Gasteiger charge is -2.22. The molecule has 2 amide bonds. The molecule has 0 bridgehead atoms. The van der Waals surface area contributed by atoms with E-state index in [4.69, 9.17) is 10.5 Å². The van der Waals surface area contributed by atoms with E-state index in [2.05, 4.69) is 4.98 Å². The molecule has 23 heavy (non-hydrogen) atoms. The number of fused-ring (bicyclic) bond motifs is 1. The number of rotatable bonds is 3. The van der Waals surface area contributed by atoms with E-state index >= 15 is 0 Å². The minimum absolute atomic E-state index is 0.122. The maximum absolute atomic E-state index is 12.4. The first kappa shape index (κ1) is 15.4. The molecule has 1 aromatic heterocycles. The highest BCUT2D eigenvalue weighted by Crippen LogP contribution is 2.25. The molecule has 1 unspecified atom stereocenters. The lowest BCUT2D eigenvalue weighted by molar-refractivity contribution is 0.0424. The van der Waals surface area contributed by atoms with Crippen molar-refractivity contribution in [3.8, 4) is 0 Å². The van der Waals surface area contributed by atoms with Gasteiger partial charge in [0.1, 0.15) is 6.61 Å². The van der Waals surface area contributed by atoms with E-state index in [1.165, 1.54) is 0 Å². The second-order valence-corrected chi connectivity index (χ2v) is 6.03. The Bertz CT molecular complexity index is 766. The first-order valence-corrected chi connectivity index (χ1v) is 7.80. The molecule has 1 aliphatic heterocycles. The molecule has 1 atom stereocenters. The van der Waals surface area contributed by atoms with Crippen LogP contribution in [0, 0.1) is 13.8 Å². The number of aryl methyl sites for hydroxylation is 2. The number of urea groups is 1. The number of benzene rings is 1. The number of nitrogens with two attached hydrogens (primary N) is 1. The van der Waals surface area contributed by atoms with Crippen LogP contribution < -0.4 is 5.73 Å². The zero-order valence-corrected chi connectivity index (χ0v) is 13.4. The van der Waals surface area contributed by atoms with Gasteiger partial charge in [0, 0.05) is 17.6 Å². The van der Waals surface area contributed by atoms with E-state index < -0.39 is 6.03 Å². The molecule has 1 fully saturated rings. The fourth-order valence-corrected chi connectivity index (χ4v) is 3.20. The van der Waals surface area contributed by atoms with Gasteiger partial charge >= 0.3 is 12.0 Å². The van der Waals surface area contributed by atoms with Crippen LogP contribution >= 0.6 is 0 Å².